The number of carboxylic acid groups (broad SMARTS) is 1. The van der Waals surface area contributed by atoms with Crippen LogP contribution in [0.2, 0.25) is 0 Å². The fourth-order valence-electron chi connectivity index (χ4n) is 1.69. The van der Waals surface area contributed by atoms with E-state index < -0.39 is 5.97 Å². The fourth-order valence-corrected chi connectivity index (χ4v) is 1.69. The topological polar surface area (TPSA) is 49.8 Å². The number of rotatable bonds is 8. The van der Waals surface area contributed by atoms with Gasteiger partial charge in [0.1, 0.15) is 0 Å². The van der Waals surface area contributed by atoms with Gasteiger partial charge < -0.3 is 14.7 Å². The summed E-state index contributed by atoms with van der Waals surface area (Å²) in [7, 11) is 1.86. The number of nitrogens with zero attached hydrogens (tertiary/aromatic N) is 1. The maximum atomic E-state index is 13.6. The number of hydrogen-bond donors (Lipinski definition) is 1. The number of carbonyl (C=O) groups is 1. The molecule has 0 fully saturated rings. The van der Waals surface area contributed by atoms with Gasteiger partial charge in [-0.15, -0.1) is 0 Å². The summed E-state index contributed by atoms with van der Waals surface area (Å²) in [4.78, 5) is 12.4. The van der Waals surface area contributed by atoms with E-state index in [9.17, 15) is 9.18 Å². The first-order chi connectivity index (χ1) is 9.02. The van der Waals surface area contributed by atoms with Crippen LogP contribution in [0.5, 0.6) is 5.75 Å². The molecule has 5 heteroatoms. The summed E-state index contributed by atoms with van der Waals surface area (Å²) < 4.78 is 18.7. The highest BCUT2D eigenvalue weighted by Crippen LogP contribution is 2.18. The fraction of sp³-hybridized carbons (Fsp3) is 0.500. The summed E-state index contributed by atoms with van der Waals surface area (Å²) in [5, 5.41) is 8.57. The van der Waals surface area contributed by atoms with Crippen LogP contribution >= 0.6 is 0 Å². The monoisotopic (exact) mass is 269 g/mol. The summed E-state index contributed by atoms with van der Waals surface area (Å²) in [6, 6.07) is 4.93. The lowest BCUT2D eigenvalue weighted by atomic mass is 10.1. The second-order valence-electron chi connectivity index (χ2n) is 4.39. The molecule has 4 nitrogen and oxygen atoms in total. The van der Waals surface area contributed by atoms with Crippen molar-refractivity contribution in [2.45, 2.75) is 19.8 Å². The van der Waals surface area contributed by atoms with Gasteiger partial charge >= 0.3 is 5.97 Å². The molecular formula is C14H20FNO3. The average molecular weight is 269 g/mol. The van der Waals surface area contributed by atoms with Crippen molar-refractivity contribution in [1.82, 2.24) is 4.90 Å². The van der Waals surface area contributed by atoms with Crippen LogP contribution < -0.4 is 4.74 Å². The van der Waals surface area contributed by atoms with Gasteiger partial charge in [-0.05, 0) is 38.1 Å². The lowest BCUT2D eigenvalue weighted by Gasteiger charge is -2.15. The molecule has 0 saturated carbocycles. The van der Waals surface area contributed by atoms with E-state index in [0.29, 0.717) is 26.1 Å². The number of carboxylic acids is 1. The summed E-state index contributed by atoms with van der Waals surface area (Å²) >= 11 is 0. The first-order valence-corrected chi connectivity index (χ1v) is 6.34. The second-order valence-corrected chi connectivity index (χ2v) is 4.39. The Balaban J connectivity index is 2.45. The Labute approximate surface area is 112 Å². The van der Waals surface area contributed by atoms with Gasteiger partial charge in [0.2, 0.25) is 0 Å². The molecule has 0 atom stereocenters. The second kappa shape index (κ2) is 7.74. The molecule has 1 aromatic rings. The Bertz CT molecular complexity index is 423. The standard InChI is InChI=1S/C14H20FNO3/c1-3-19-13-5-4-11(10-12(13)15)6-8-16(2)9-7-14(17)18/h4-5,10H,3,6-9H2,1-2H3,(H,17,18). The van der Waals surface area contributed by atoms with Crippen molar-refractivity contribution in [1.29, 1.82) is 0 Å². The average Bonchev–Trinajstić information content (AvgIpc) is 2.37. The SMILES string of the molecule is CCOc1ccc(CCN(C)CCC(=O)O)cc1F. The van der Waals surface area contributed by atoms with Gasteiger partial charge in [-0.3, -0.25) is 4.79 Å². The molecule has 0 aliphatic carbocycles. The molecule has 19 heavy (non-hydrogen) atoms. The van der Waals surface area contributed by atoms with Gasteiger partial charge in [-0.2, -0.15) is 0 Å². The molecule has 0 aromatic heterocycles. The number of hydrogen-bond acceptors (Lipinski definition) is 3. The van der Waals surface area contributed by atoms with Crippen LogP contribution in [0.4, 0.5) is 4.39 Å². The number of aliphatic carboxylic acids is 1. The molecule has 1 N–H and O–H groups in total. The number of halogens is 1. The smallest absolute Gasteiger partial charge is 0.304 e. The van der Waals surface area contributed by atoms with E-state index in [4.69, 9.17) is 9.84 Å². The zero-order chi connectivity index (χ0) is 14.3. The van der Waals surface area contributed by atoms with Crippen LogP contribution in [0.1, 0.15) is 18.9 Å². The molecule has 0 unspecified atom stereocenters. The van der Waals surface area contributed by atoms with Crippen molar-refractivity contribution in [2.75, 3.05) is 26.7 Å². The molecule has 1 aromatic carbocycles. The molecule has 1 rings (SSSR count). The first kappa shape index (κ1) is 15.4. The van der Waals surface area contributed by atoms with E-state index in [0.717, 1.165) is 5.56 Å². The van der Waals surface area contributed by atoms with E-state index in [1.165, 1.54) is 6.07 Å². The minimum Gasteiger partial charge on any atom is -0.491 e. The molecule has 0 bridgehead atoms. The third kappa shape index (κ3) is 5.70. The lowest BCUT2D eigenvalue weighted by molar-refractivity contribution is -0.137. The number of ether oxygens (including phenoxy) is 1. The highest BCUT2D eigenvalue weighted by atomic mass is 19.1. The summed E-state index contributed by atoms with van der Waals surface area (Å²) in [6.45, 7) is 3.44. The van der Waals surface area contributed by atoms with Crippen LogP contribution in [0.25, 0.3) is 0 Å². The maximum absolute atomic E-state index is 13.6. The van der Waals surface area contributed by atoms with E-state index in [-0.39, 0.29) is 18.0 Å². The first-order valence-electron chi connectivity index (χ1n) is 6.34. The predicted octanol–water partition coefficient (Wildman–Crippen LogP) is 2.17. The predicted molar refractivity (Wildman–Crippen MR) is 71.0 cm³/mol. The Hall–Kier alpha value is -1.62. The Morgan fingerprint density at radius 3 is 2.74 bits per heavy atom. The van der Waals surface area contributed by atoms with Crippen LogP contribution in [0, 0.1) is 5.82 Å². The van der Waals surface area contributed by atoms with E-state index in [2.05, 4.69) is 0 Å². The molecule has 0 heterocycles. The molecular weight excluding hydrogens is 249 g/mol. The molecule has 0 saturated heterocycles. The zero-order valence-corrected chi connectivity index (χ0v) is 11.4. The van der Waals surface area contributed by atoms with Gasteiger partial charge in [-0.25, -0.2) is 4.39 Å². The van der Waals surface area contributed by atoms with Gasteiger partial charge in [0.25, 0.3) is 0 Å². The molecule has 106 valence electrons. The number of benzene rings is 1. The maximum Gasteiger partial charge on any atom is 0.304 e. The van der Waals surface area contributed by atoms with Gasteiger partial charge in [-0.1, -0.05) is 6.07 Å². The van der Waals surface area contributed by atoms with E-state index >= 15 is 0 Å². The van der Waals surface area contributed by atoms with Crippen molar-refractivity contribution >= 4 is 5.97 Å². The highest BCUT2D eigenvalue weighted by molar-refractivity contribution is 5.66. The Morgan fingerprint density at radius 2 is 2.16 bits per heavy atom. The van der Waals surface area contributed by atoms with Crippen LogP contribution in [0.15, 0.2) is 18.2 Å². The largest absolute Gasteiger partial charge is 0.491 e. The van der Waals surface area contributed by atoms with Crippen LogP contribution in [-0.2, 0) is 11.2 Å². The Morgan fingerprint density at radius 1 is 1.42 bits per heavy atom. The van der Waals surface area contributed by atoms with Crippen molar-refractivity contribution in [3.8, 4) is 5.75 Å². The zero-order valence-electron chi connectivity index (χ0n) is 11.4. The van der Waals surface area contributed by atoms with Crippen molar-refractivity contribution in [3.05, 3.63) is 29.6 Å². The molecule has 0 amide bonds. The lowest BCUT2D eigenvalue weighted by Crippen LogP contribution is -2.24. The minimum atomic E-state index is -0.807. The summed E-state index contributed by atoms with van der Waals surface area (Å²) in [6.07, 6.45) is 0.799. The van der Waals surface area contributed by atoms with Crippen molar-refractivity contribution in [3.63, 3.8) is 0 Å². The molecule has 0 aliphatic rings. The van der Waals surface area contributed by atoms with Crippen molar-refractivity contribution in [2.24, 2.45) is 0 Å². The molecule has 0 spiro atoms. The minimum absolute atomic E-state index is 0.119. The number of likely N-dealkylation sites (N-methyl/N-ethyl adjacent to an activating group) is 1. The van der Waals surface area contributed by atoms with E-state index in [1.807, 2.05) is 24.9 Å². The van der Waals surface area contributed by atoms with Crippen LogP contribution in [0.3, 0.4) is 0 Å². The summed E-state index contributed by atoms with van der Waals surface area (Å²) in [5.74, 6) is -0.892. The Kier molecular flexibility index (Phi) is 6.29. The van der Waals surface area contributed by atoms with E-state index in [1.54, 1.807) is 6.07 Å². The quantitative estimate of drug-likeness (QED) is 0.786. The van der Waals surface area contributed by atoms with Gasteiger partial charge in [0.15, 0.2) is 11.6 Å². The molecule has 0 aliphatic heterocycles. The normalized spacial score (nSPS) is 10.7. The molecule has 0 radical (unpaired) electrons. The van der Waals surface area contributed by atoms with Crippen molar-refractivity contribution < 1.29 is 19.0 Å². The third-order valence-electron chi connectivity index (χ3n) is 2.79. The van der Waals surface area contributed by atoms with Crippen LogP contribution in [-0.4, -0.2) is 42.7 Å². The van der Waals surface area contributed by atoms with Gasteiger partial charge in [0, 0.05) is 13.1 Å². The third-order valence-corrected chi connectivity index (χ3v) is 2.79. The highest BCUT2D eigenvalue weighted by Gasteiger charge is 2.06. The summed E-state index contributed by atoms with van der Waals surface area (Å²) in [5.41, 5.74) is 0.878. The van der Waals surface area contributed by atoms with Gasteiger partial charge in [0.05, 0.1) is 13.0 Å².